The van der Waals surface area contributed by atoms with Crippen LogP contribution in [0.25, 0.3) is 0 Å². The molecule has 2 saturated heterocycles. The van der Waals surface area contributed by atoms with Crippen LogP contribution in [0.2, 0.25) is 0 Å². The third-order valence-corrected chi connectivity index (χ3v) is 5.23. The van der Waals surface area contributed by atoms with Gasteiger partial charge in [-0.3, -0.25) is 4.70 Å². The largest absolute Gasteiger partial charge is 1.00 e. The molecule has 0 atom stereocenters. The monoisotopic (exact) mass is 255 g/mol. The maximum absolute atomic E-state index is 2.66. The molecule has 98 valence electrons. The molecule has 0 aliphatic carbocycles. The fourth-order valence-electron chi connectivity index (χ4n) is 2.33. The number of rotatable bonds is 3. The average Bonchev–Trinajstić information content (AvgIpc) is 2.75. The van der Waals surface area contributed by atoms with Crippen molar-refractivity contribution in [2.24, 2.45) is 0 Å². The van der Waals surface area contributed by atoms with E-state index in [0.717, 1.165) is 0 Å². The Hall–Kier alpha value is 0.0900. The van der Waals surface area contributed by atoms with E-state index in [1.807, 2.05) is 0 Å². The summed E-state index contributed by atoms with van der Waals surface area (Å²) in [7, 11) is 4.44. The molecule has 0 aromatic carbocycles. The summed E-state index contributed by atoms with van der Waals surface area (Å²) >= 11 is 0.273. The second kappa shape index (κ2) is 7.42. The molecule has 2 aliphatic rings. The van der Waals surface area contributed by atoms with Crippen LogP contribution in [0.1, 0.15) is 25.7 Å². The van der Waals surface area contributed by atoms with E-state index in [4.69, 9.17) is 0 Å². The quantitative estimate of drug-likeness (QED) is 0.554. The maximum atomic E-state index is 2.66. The third kappa shape index (κ3) is 3.55. The van der Waals surface area contributed by atoms with E-state index in [9.17, 15) is 0 Å². The molecule has 0 N–H and O–H groups in total. The Morgan fingerprint density at radius 3 is 1.38 bits per heavy atom. The molecule has 0 radical (unpaired) electrons. The molecule has 2 heterocycles. The van der Waals surface area contributed by atoms with Crippen molar-refractivity contribution in [2.45, 2.75) is 25.7 Å². The Labute approximate surface area is 100 Å². The molecule has 2 fully saturated rings. The van der Waals surface area contributed by atoms with Crippen molar-refractivity contribution in [1.82, 2.24) is 12.9 Å². The number of hydrogen-bond donors (Lipinski definition) is 0. The molecule has 0 bridgehead atoms. The van der Waals surface area contributed by atoms with Crippen molar-refractivity contribution >= 4 is 11.5 Å². The molecule has 0 aromatic rings. The molecule has 0 amide bonds. The highest BCUT2D eigenvalue weighted by Crippen LogP contribution is 2.23. The van der Waals surface area contributed by atoms with Gasteiger partial charge in [0.15, 0.2) is 0 Å². The average molecular weight is 255 g/mol. The third-order valence-electron chi connectivity index (χ3n) is 2.92. The van der Waals surface area contributed by atoms with Gasteiger partial charge in [0.05, 0.1) is 0 Å². The lowest BCUT2D eigenvalue weighted by Crippen LogP contribution is -3.00. The zero-order chi connectivity index (χ0) is 9.97. The van der Waals surface area contributed by atoms with Crippen molar-refractivity contribution in [1.29, 1.82) is 0 Å². The zero-order valence-corrected chi connectivity index (χ0v) is 11.0. The summed E-state index contributed by atoms with van der Waals surface area (Å²) in [5, 5.41) is 0. The summed E-state index contributed by atoms with van der Waals surface area (Å²) in [6.45, 7) is 5.21. The van der Waals surface area contributed by atoms with Crippen molar-refractivity contribution in [3.05, 3.63) is 0 Å². The normalized spacial score (nSPS) is 22.5. The molecule has 0 aromatic heterocycles. The van der Waals surface area contributed by atoms with Gasteiger partial charge >= 0.3 is 0 Å². The van der Waals surface area contributed by atoms with Crippen LogP contribution < -0.4 is 4.70 Å². The van der Waals surface area contributed by atoms with Gasteiger partial charge in [0, 0.05) is 40.3 Å². The Kier molecular flexibility index (Phi) is 7.46. The number of nitrogens with zero attached hydrogens (tertiary/aromatic N) is 3. The van der Waals surface area contributed by atoms with Gasteiger partial charge < -0.3 is 4.70 Å². The summed E-state index contributed by atoms with van der Waals surface area (Å²) in [6.07, 6.45) is 5.58. The van der Waals surface area contributed by atoms with Gasteiger partial charge in [0.25, 0.3) is 11.5 Å². The second-order valence-electron chi connectivity index (χ2n) is 4.33. The lowest BCUT2D eigenvalue weighted by molar-refractivity contribution is -0.00000400. The highest BCUT2D eigenvalue weighted by Gasteiger charge is 2.42. The van der Waals surface area contributed by atoms with Gasteiger partial charge in [0.2, 0.25) is 0 Å². The van der Waals surface area contributed by atoms with Crippen molar-refractivity contribution in [3.63, 3.8) is 0 Å². The van der Waals surface area contributed by atoms with Gasteiger partial charge in [-0.1, -0.05) is 12.9 Å². The summed E-state index contributed by atoms with van der Waals surface area (Å²) in [6, 6.07) is 0. The Morgan fingerprint density at radius 2 is 1.12 bits per heavy atom. The minimum atomic E-state index is 0. The van der Waals surface area contributed by atoms with E-state index in [0.29, 0.717) is 0 Å². The van der Waals surface area contributed by atoms with E-state index in [2.05, 4.69) is 27.0 Å². The van der Waals surface area contributed by atoms with Crippen LogP contribution in [0.15, 0.2) is 0 Å². The summed E-state index contributed by atoms with van der Waals surface area (Å²) in [5.41, 5.74) is 0. The van der Waals surface area contributed by atoms with Crippen molar-refractivity contribution in [3.8, 4) is 0 Å². The van der Waals surface area contributed by atoms with Crippen LogP contribution in [-0.2, 0) is 11.5 Å². The van der Waals surface area contributed by atoms with Gasteiger partial charge in [-0.05, 0) is 25.7 Å². The SMILES string of the molecule is CN(C)[S+](N1CCCC1)N1CCCC1.F.[F-]. The standard InChI is InChI=1S/C10H22N3S.2FH/c1-11(2)14(12-7-3-4-8-12)13-9-5-6-10-13;;/h3-10H2,1-2H3;2*1H/q+1;;/p-1. The van der Waals surface area contributed by atoms with Crippen LogP contribution in [0.4, 0.5) is 4.70 Å². The molecule has 6 heteroatoms. The van der Waals surface area contributed by atoms with Crippen LogP contribution in [-0.4, -0.2) is 53.2 Å². The molecule has 16 heavy (non-hydrogen) atoms. The van der Waals surface area contributed by atoms with Crippen LogP contribution in [0.3, 0.4) is 0 Å². The zero-order valence-electron chi connectivity index (χ0n) is 10.2. The van der Waals surface area contributed by atoms with Gasteiger partial charge in [-0.25, -0.2) is 0 Å². The van der Waals surface area contributed by atoms with Crippen LogP contribution in [0.5, 0.6) is 0 Å². The molecule has 2 rings (SSSR count). The highest BCUT2D eigenvalue weighted by molar-refractivity contribution is 7.90. The first-order valence-corrected chi connectivity index (χ1v) is 6.80. The van der Waals surface area contributed by atoms with Crippen molar-refractivity contribution < 1.29 is 9.41 Å². The molecule has 0 saturated carbocycles. The lowest BCUT2D eigenvalue weighted by atomic mass is 10.4. The van der Waals surface area contributed by atoms with E-state index in [-0.39, 0.29) is 20.9 Å². The molecule has 0 spiro atoms. The maximum Gasteiger partial charge on any atom is 0.267 e. The topological polar surface area (TPSA) is 9.72 Å². The molecule has 0 unspecified atom stereocenters. The minimum absolute atomic E-state index is 0. The first-order chi connectivity index (χ1) is 6.79. The van der Waals surface area contributed by atoms with Crippen LogP contribution >= 0.6 is 0 Å². The van der Waals surface area contributed by atoms with E-state index in [1.54, 1.807) is 0 Å². The second-order valence-corrected chi connectivity index (χ2v) is 6.58. The molecule has 2 aliphatic heterocycles. The fourth-order valence-corrected chi connectivity index (χ4v) is 4.75. The predicted molar refractivity (Wildman–Crippen MR) is 65.2 cm³/mol. The first-order valence-electron chi connectivity index (χ1n) is 5.71. The summed E-state index contributed by atoms with van der Waals surface area (Å²) in [5.74, 6) is 0. The highest BCUT2D eigenvalue weighted by atomic mass is 32.2. The van der Waals surface area contributed by atoms with E-state index in [1.165, 1.54) is 51.9 Å². The van der Waals surface area contributed by atoms with E-state index < -0.39 is 0 Å². The molecular weight excluding hydrogens is 232 g/mol. The number of hydrogen-bond acceptors (Lipinski definition) is 3. The summed E-state index contributed by atoms with van der Waals surface area (Å²) in [4.78, 5) is 0. The van der Waals surface area contributed by atoms with E-state index >= 15 is 0 Å². The fraction of sp³-hybridized carbons (Fsp3) is 1.00. The number of halogens is 2. The minimum Gasteiger partial charge on any atom is -1.00 e. The summed E-state index contributed by atoms with van der Waals surface area (Å²) < 4.78 is 7.72. The Morgan fingerprint density at radius 1 is 0.812 bits per heavy atom. The van der Waals surface area contributed by atoms with Gasteiger partial charge in [0.1, 0.15) is 0 Å². The smallest absolute Gasteiger partial charge is 0.267 e. The molecular formula is C10H23F2N3S. The van der Waals surface area contributed by atoms with Gasteiger partial charge in [-0.2, -0.15) is 0 Å². The predicted octanol–water partition coefficient (Wildman–Crippen LogP) is -1.74. The van der Waals surface area contributed by atoms with Gasteiger partial charge in [-0.15, -0.1) is 0 Å². The first kappa shape index (κ1) is 16.1. The Balaban J connectivity index is 0.00000112. The van der Waals surface area contributed by atoms with Crippen LogP contribution in [0, 0.1) is 0 Å². The Bertz CT molecular complexity index is 167. The van der Waals surface area contributed by atoms with Crippen molar-refractivity contribution in [2.75, 3.05) is 40.3 Å². The molecule has 3 nitrogen and oxygen atoms in total. The lowest BCUT2D eigenvalue weighted by Gasteiger charge is -2.25.